The second-order valence-corrected chi connectivity index (χ2v) is 10.8. The summed E-state index contributed by atoms with van der Waals surface area (Å²) < 4.78 is 25.6. The van der Waals surface area contributed by atoms with Gasteiger partial charge in [-0.2, -0.15) is 0 Å². The number of phenolic OH excluding ortho intramolecular Hbond substituents is 4. The van der Waals surface area contributed by atoms with Gasteiger partial charge in [0.1, 0.15) is 31.0 Å². The minimum Gasteiger partial charge on any atom is -0.550 e. The Bertz CT molecular complexity index is 1730. The van der Waals surface area contributed by atoms with E-state index in [1.54, 1.807) is 0 Å². The van der Waals surface area contributed by atoms with Crippen LogP contribution in [0.1, 0.15) is 33.8 Å². The minimum atomic E-state index is -2.66. The normalized spacial score (nSPS) is 27.8. The molecule has 0 aliphatic carbocycles. The van der Waals surface area contributed by atoms with Gasteiger partial charge in [-0.15, -0.1) is 0 Å². The van der Waals surface area contributed by atoms with Gasteiger partial charge in [0.05, 0.1) is 17.5 Å². The van der Waals surface area contributed by atoms with E-state index in [2.05, 4.69) is 0 Å². The summed E-state index contributed by atoms with van der Waals surface area (Å²) in [6.45, 7) is -0.966. The third kappa shape index (κ3) is 8.00. The van der Waals surface area contributed by atoms with E-state index in [1.807, 2.05) is 0 Å². The van der Waals surface area contributed by atoms with Crippen LogP contribution in [0.4, 0.5) is 0 Å². The van der Waals surface area contributed by atoms with Gasteiger partial charge < -0.3 is 79.2 Å². The average Bonchev–Trinajstić information content (AvgIpc) is 3.50. The van der Waals surface area contributed by atoms with Crippen LogP contribution in [0, 0.1) is 0 Å². The predicted octanol–water partition coefficient (Wildman–Crippen LogP) is -10.2. The Morgan fingerprint density at radius 1 is 0.920 bits per heavy atom. The number of esters is 3. The SMILES string of the molecule is O=C([O-])C[C@@]12Oc3c(O)c(O)cc(C(=O)OC[C@H]4O[C@@H](OC(=O)/C=C/c5ccc(O)c(O)c5)[C@H](O)[C@@H](O)[C@@H]4O)c3C1[C@H](C(=O)[O-])OC2=O.[K+].[K+]. The number of fused-ring (bicyclic) bond motifs is 3. The van der Waals surface area contributed by atoms with Crippen LogP contribution in [0.25, 0.3) is 6.08 Å². The third-order valence-electron chi connectivity index (χ3n) is 7.80. The van der Waals surface area contributed by atoms with E-state index in [4.69, 9.17) is 23.7 Å². The number of carboxylic acid groups (broad SMARTS) is 2. The molecule has 0 amide bonds. The van der Waals surface area contributed by atoms with E-state index in [-0.39, 0.29) is 108 Å². The van der Waals surface area contributed by atoms with Gasteiger partial charge in [0.15, 0.2) is 29.1 Å². The van der Waals surface area contributed by atoms with Crippen LogP contribution in [-0.2, 0) is 38.1 Å². The summed E-state index contributed by atoms with van der Waals surface area (Å²) in [5.41, 5.74) is -3.78. The van der Waals surface area contributed by atoms with Crippen molar-refractivity contribution in [2.45, 2.75) is 54.7 Å². The van der Waals surface area contributed by atoms with E-state index in [0.29, 0.717) is 6.07 Å². The Hall–Kier alpha value is -2.36. The Labute approximate surface area is 364 Å². The maximum absolute atomic E-state index is 13.3. The predicted molar refractivity (Wildman–Crippen MR) is 142 cm³/mol. The van der Waals surface area contributed by atoms with Gasteiger partial charge >= 0.3 is 121 Å². The number of rotatable bonds is 9. The van der Waals surface area contributed by atoms with Gasteiger partial charge in [-0.05, 0) is 29.8 Å². The summed E-state index contributed by atoms with van der Waals surface area (Å²) >= 11 is 0. The second-order valence-electron chi connectivity index (χ2n) is 10.8. The monoisotopic (exact) mass is 754 g/mol. The van der Waals surface area contributed by atoms with Gasteiger partial charge in [0.25, 0.3) is 0 Å². The molecule has 0 radical (unpaired) electrons. The third-order valence-corrected chi connectivity index (χ3v) is 7.80. The molecule has 256 valence electrons. The van der Waals surface area contributed by atoms with Crippen LogP contribution >= 0.6 is 0 Å². The number of carboxylic acids is 2. The van der Waals surface area contributed by atoms with Gasteiger partial charge in [-0.25, -0.2) is 14.4 Å². The number of phenols is 4. The number of aliphatic hydroxyl groups is 3. The maximum atomic E-state index is 13.3. The van der Waals surface area contributed by atoms with Crippen molar-refractivity contribution < 1.29 is 196 Å². The van der Waals surface area contributed by atoms with Crippen molar-refractivity contribution in [1.82, 2.24) is 0 Å². The zero-order valence-corrected chi connectivity index (χ0v) is 32.2. The fraction of sp³-hybridized carbons (Fsp3) is 0.345. The molecule has 7 N–H and O–H groups in total. The molecule has 5 rings (SSSR count). The van der Waals surface area contributed by atoms with Crippen molar-refractivity contribution in [3.05, 3.63) is 47.0 Å². The molecule has 0 saturated carbocycles. The van der Waals surface area contributed by atoms with Crippen molar-refractivity contribution in [2.75, 3.05) is 6.61 Å². The zero-order valence-electron chi connectivity index (χ0n) is 25.9. The molecule has 2 aromatic rings. The molecule has 3 heterocycles. The topological polar surface area (TPSA) is 319 Å². The van der Waals surface area contributed by atoms with Crippen molar-refractivity contribution in [3.63, 3.8) is 0 Å². The molecule has 2 saturated heterocycles. The number of aliphatic hydroxyl groups excluding tert-OH is 3. The van der Waals surface area contributed by atoms with Crippen LogP contribution in [0.3, 0.4) is 0 Å². The molecule has 2 aromatic carbocycles. The van der Waals surface area contributed by atoms with Crippen LogP contribution in [-0.4, -0.2) is 115 Å². The number of ether oxygens (including phenoxy) is 5. The van der Waals surface area contributed by atoms with E-state index >= 15 is 0 Å². The molecule has 8 atom stereocenters. The number of cyclic esters (lactones) is 1. The molecule has 50 heavy (non-hydrogen) atoms. The fourth-order valence-corrected chi connectivity index (χ4v) is 5.52. The molecule has 3 aliphatic heterocycles. The summed E-state index contributed by atoms with van der Waals surface area (Å²) in [4.78, 5) is 61.7. The van der Waals surface area contributed by atoms with Crippen LogP contribution < -0.4 is 118 Å². The smallest absolute Gasteiger partial charge is 0.550 e. The van der Waals surface area contributed by atoms with Crippen molar-refractivity contribution >= 4 is 35.9 Å². The molecule has 0 aromatic heterocycles. The largest absolute Gasteiger partial charge is 1.00 e. The first-order valence-corrected chi connectivity index (χ1v) is 13.7. The summed E-state index contributed by atoms with van der Waals surface area (Å²) in [6, 6.07) is 4.19. The van der Waals surface area contributed by atoms with Crippen LogP contribution in [0.15, 0.2) is 30.3 Å². The number of carbonyl (C=O) groups excluding carboxylic acids is 5. The number of hydrogen-bond acceptors (Lipinski definition) is 19. The second kappa shape index (κ2) is 16.5. The zero-order chi connectivity index (χ0) is 35.2. The van der Waals surface area contributed by atoms with Crippen molar-refractivity contribution in [1.29, 1.82) is 0 Å². The molecule has 1 unspecified atom stereocenters. The van der Waals surface area contributed by atoms with Crippen LogP contribution in [0.5, 0.6) is 28.7 Å². The number of benzene rings is 2. The minimum absolute atomic E-state index is 0. The molecule has 0 bridgehead atoms. The Balaban J connectivity index is 0.00000338. The van der Waals surface area contributed by atoms with Crippen molar-refractivity contribution in [3.8, 4) is 28.7 Å². The van der Waals surface area contributed by atoms with Gasteiger partial charge in [-0.3, -0.25) is 0 Å². The summed E-state index contributed by atoms with van der Waals surface area (Å²) in [5, 5.41) is 94.1. The van der Waals surface area contributed by atoms with Gasteiger partial charge in [0.2, 0.25) is 17.6 Å². The Kier molecular flexibility index (Phi) is 13.9. The summed E-state index contributed by atoms with van der Waals surface area (Å²) in [7, 11) is 0. The van der Waals surface area contributed by atoms with E-state index < -0.39 is 131 Å². The number of aromatic hydroxyl groups is 4. The first-order valence-electron chi connectivity index (χ1n) is 13.7. The average molecular weight is 755 g/mol. The summed E-state index contributed by atoms with van der Waals surface area (Å²) in [6.07, 6.45) is -11.2. The number of hydrogen-bond donors (Lipinski definition) is 7. The van der Waals surface area contributed by atoms with E-state index in [0.717, 1.165) is 24.3 Å². The van der Waals surface area contributed by atoms with Crippen molar-refractivity contribution in [2.24, 2.45) is 0 Å². The Morgan fingerprint density at radius 2 is 1.60 bits per heavy atom. The number of carbonyl (C=O) groups is 5. The fourth-order valence-electron chi connectivity index (χ4n) is 5.52. The Morgan fingerprint density at radius 3 is 2.22 bits per heavy atom. The quantitative estimate of drug-likeness (QED) is 0.0411. The molecule has 21 heteroatoms. The molecule has 2 fully saturated rings. The van der Waals surface area contributed by atoms with E-state index in [1.165, 1.54) is 6.07 Å². The molecular formula is C29H24K2O19. The van der Waals surface area contributed by atoms with Gasteiger partial charge in [0, 0.05) is 24.0 Å². The maximum Gasteiger partial charge on any atom is 1.00 e. The van der Waals surface area contributed by atoms with E-state index in [9.17, 15) is 69.9 Å². The molecule has 0 spiro atoms. The first-order chi connectivity index (χ1) is 22.5. The molecular weight excluding hydrogens is 730 g/mol. The number of aliphatic carboxylic acids is 2. The molecule has 3 aliphatic rings. The standard InChI is InChI=1S/C29H26O19.2K/c30-11-3-1-9(5-12(11)31)2-4-16(35)46-27-22(39)21(38)20(37)14(45-27)8-44-26(42)10-6-13(32)19(36)23-17(10)18-24(25(40)41)47-28(43)29(18,48-23)7-15(33)34;;/h1-6,14,18,20-22,24,27,30-32,36-39H,7-8H2,(H,33,34)(H,40,41);;/q;2*+1/p-2/b4-2+;;/t14-,18?,20-,21+,22-,24-,27+,29-;;/m1../s1. The first kappa shape index (κ1) is 42.1. The summed E-state index contributed by atoms with van der Waals surface area (Å²) in [5.74, 6) is -13.9. The van der Waals surface area contributed by atoms with Gasteiger partial charge in [-0.1, -0.05) is 6.07 Å². The van der Waals surface area contributed by atoms with Crippen LogP contribution in [0.2, 0.25) is 0 Å². The molecule has 19 nitrogen and oxygen atoms in total.